The van der Waals surface area contributed by atoms with Gasteiger partial charge in [-0.05, 0) is 71.0 Å². The van der Waals surface area contributed by atoms with Crippen molar-refractivity contribution in [3.05, 3.63) is 121 Å². The molecule has 0 aliphatic carbocycles. The largest absolute Gasteiger partial charge is 0.507 e. The topological polar surface area (TPSA) is 50.9 Å². The van der Waals surface area contributed by atoms with Crippen LogP contribution in [0.25, 0.3) is 60.9 Å². The number of pyridine rings is 2. The van der Waals surface area contributed by atoms with Crippen molar-refractivity contribution in [2.45, 2.75) is 26.2 Å². The number of phenols is 1. The fourth-order valence-electron chi connectivity index (χ4n) is 5.62. The zero-order valence-electron chi connectivity index (χ0n) is 22.8. The first-order chi connectivity index (χ1) is 19.4. The highest BCUT2D eigenvalue weighted by molar-refractivity contribution is 6.09. The van der Waals surface area contributed by atoms with Crippen LogP contribution in [0.3, 0.4) is 0 Å². The lowest BCUT2D eigenvalue weighted by atomic mass is 9.85. The Hall–Kier alpha value is -4.96. The van der Waals surface area contributed by atoms with Crippen molar-refractivity contribution in [2.24, 2.45) is 0 Å². The zero-order chi connectivity index (χ0) is 27.4. The molecule has 3 aromatic heterocycles. The van der Waals surface area contributed by atoms with Gasteiger partial charge in [0.05, 0.1) is 22.6 Å². The summed E-state index contributed by atoms with van der Waals surface area (Å²) in [6.07, 6.45) is 1.85. The first kappa shape index (κ1) is 24.1. The fraction of sp³-hybridized carbons (Fsp3) is 0.111. The highest BCUT2D eigenvalue weighted by Gasteiger charge is 2.19. The third-order valence-electron chi connectivity index (χ3n) is 7.70. The van der Waals surface area contributed by atoms with Crippen LogP contribution in [0.4, 0.5) is 0 Å². The molecule has 7 aromatic rings. The maximum absolute atomic E-state index is 10.8. The van der Waals surface area contributed by atoms with E-state index in [0.717, 1.165) is 61.1 Å². The monoisotopic (exact) mass is 519 g/mol. The maximum Gasteiger partial charge on any atom is 0.145 e. The summed E-state index contributed by atoms with van der Waals surface area (Å²) in [4.78, 5) is 9.88. The third kappa shape index (κ3) is 3.92. The van der Waals surface area contributed by atoms with E-state index in [-0.39, 0.29) is 11.2 Å². The van der Waals surface area contributed by atoms with Gasteiger partial charge in [-0.2, -0.15) is 0 Å². The minimum atomic E-state index is -0.0380. The second-order valence-corrected chi connectivity index (χ2v) is 11.3. The first-order valence-corrected chi connectivity index (χ1v) is 13.6. The van der Waals surface area contributed by atoms with Crippen LogP contribution in [0.5, 0.6) is 5.75 Å². The number of phenolic OH excluding ortho intramolecular Hbond substituents is 1. The molecule has 194 valence electrons. The molecule has 0 amide bonds. The normalized spacial score (nSPS) is 12.0. The average molecular weight is 520 g/mol. The SMILES string of the molecule is CC(C)(C)c1ccc(O)c(-c2cccc(-c3cc(-n4c5ccccc5c5cccnc54)c4ccccc4c3)n2)c1. The lowest BCUT2D eigenvalue weighted by Crippen LogP contribution is -2.10. The van der Waals surface area contributed by atoms with Crippen LogP contribution in [0.1, 0.15) is 26.3 Å². The minimum Gasteiger partial charge on any atom is -0.507 e. The van der Waals surface area contributed by atoms with E-state index in [4.69, 9.17) is 9.97 Å². The molecule has 7 rings (SSSR count). The molecule has 0 bridgehead atoms. The van der Waals surface area contributed by atoms with Gasteiger partial charge in [-0.3, -0.25) is 4.57 Å². The van der Waals surface area contributed by atoms with Gasteiger partial charge in [0.2, 0.25) is 0 Å². The van der Waals surface area contributed by atoms with Crippen molar-refractivity contribution in [2.75, 3.05) is 0 Å². The summed E-state index contributed by atoms with van der Waals surface area (Å²) in [5.74, 6) is 0.230. The number of para-hydroxylation sites is 1. The van der Waals surface area contributed by atoms with E-state index in [9.17, 15) is 5.11 Å². The van der Waals surface area contributed by atoms with Crippen LogP contribution < -0.4 is 0 Å². The standard InChI is InChI=1S/C36H29N3O/c1-36(2,3)25-17-18-34(40)29(22-25)31-15-8-14-30(38-31)24-20-23-10-4-5-11-26(23)33(21-24)39-32-16-7-6-12-27(32)28-13-9-19-37-35(28)39/h4-22,40H,1-3H3. The van der Waals surface area contributed by atoms with Gasteiger partial charge in [-0.1, -0.05) is 75.4 Å². The number of rotatable bonds is 3. The second-order valence-electron chi connectivity index (χ2n) is 11.3. The van der Waals surface area contributed by atoms with E-state index < -0.39 is 0 Å². The molecule has 3 heterocycles. The van der Waals surface area contributed by atoms with Crippen molar-refractivity contribution in [1.29, 1.82) is 0 Å². The Morgan fingerprint density at radius 2 is 1.43 bits per heavy atom. The molecule has 0 unspecified atom stereocenters. The molecule has 4 aromatic carbocycles. The van der Waals surface area contributed by atoms with Crippen molar-refractivity contribution >= 4 is 32.7 Å². The van der Waals surface area contributed by atoms with Gasteiger partial charge in [0, 0.05) is 33.5 Å². The van der Waals surface area contributed by atoms with Crippen LogP contribution in [-0.2, 0) is 5.41 Å². The summed E-state index contributed by atoms with van der Waals surface area (Å²) in [5.41, 5.74) is 7.55. The highest BCUT2D eigenvalue weighted by atomic mass is 16.3. The van der Waals surface area contributed by atoms with Crippen LogP contribution >= 0.6 is 0 Å². The Balaban J connectivity index is 1.47. The quantitative estimate of drug-likeness (QED) is 0.253. The predicted octanol–water partition coefficient (Wildman–Crippen LogP) is 9.06. The van der Waals surface area contributed by atoms with Gasteiger partial charge in [-0.25, -0.2) is 9.97 Å². The molecule has 0 atom stereocenters. The molecule has 0 fully saturated rings. The molecule has 1 N–H and O–H groups in total. The Bertz CT molecular complexity index is 2010. The first-order valence-electron chi connectivity index (χ1n) is 13.6. The van der Waals surface area contributed by atoms with Gasteiger partial charge in [-0.15, -0.1) is 0 Å². The van der Waals surface area contributed by atoms with Gasteiger partial charge >= 0.3 is 0 Å². The Kier molecular flexibility index (Phi) is 5.46. The number of hydrogen-bond acceptors (Lipinski definition) is 3. The third-order valence-corrected chi connectivity index (χ3v) is 7.70. The van der Waals surface area contributed by atoms with Gasteiger partial charge < -0.3 is 5.11 Å². The molecular weight excluding hydrogens is 490 g/mol. The number of benzene rings is 4. The molecule has 0 saturated carbocycles. The van der Waals surface area contributed by atoms with Crippen molar-refractivity contribution in [1.82, 2.24) is 14.5 Å². The predicted molar refractivity (Wildman–Crippen MR) is 165 cm³/mol. The number of aromatic nitrogens is 3. The van der Waals surface area contributed by atoms with E-state index in [1.807, 2.05) is 36.5 Å². The molecule has 4 nitrogen and oxygen atoms in total. The van der Waals surface area contributed by atoms with E-state index in [0.29, 0.717) is 0 Å². The van der Waals surface area contributed by atoms with Crippen LogP contribution in [-0.4, -0.2) is 19.6 Å². The maximum atomic E-state index is 10.8. The van der Waals surface area contributed by atoms with E-state index in [1.165, 1.54) is 5.39 Å². The van der Waals surface area contributed by atoms with E-state index in [1.54, 1.807) is 6.07 Å². The van der Waals surface area contributed by atoms with Crippen LogP contribution in [0.15, 0.2) is 115 Å². The lowest BCUT2D eigenvalue weighted by Gasteiger charge is -2.20. The molecule has 0 aliphatic heterocycles. The number of nitrogens with zero attached hydrogens (tertiary/aromatic N) is 3. The lowest BCUT2D eigenvalue weighted by molar-refractivity contribution is 0.476. The van der Waals surface area contributed by atoms with E-state index >= 15 is 0 Å². The summed E-state index contributed by atoms with van der Waals surface area (Å²) in [7, 11) is 0. The summed E-state index contributed by atoms with van der Waals surface area (Å²) in [6.45, 7) is 6.52. The Labute approximate surface area is 233 Å². The van der Waals surface area contributed by atoms with Gasteiger partial charge in [0.25, 0.3) is 0 Å². The fourth-order valence-corrected chi connectivity index (χ4v) is 5.62. The molecule has 0 aliphatic rings. The average Bonchev–Trinajstić information content (AvgIpc) is 3.30. The summed E-state index contributed by atoms with van der Waals surface area (Å²) < 4.78 is 2.26. The van der Waals surface area contributed by atoms with Crippen molar-refractivity contribution in [3.8, 4) is 34.0 Å². The van der Waals surface area contributed by atoms with Crippen LogP contribution in [0, 0.1) is 0 Å². The molecule has 0 saturated heterocycles. The summed E-state index contributed by atoms with van der Waals surface area (Å²) in [6, 6.07) is 37.3. The summed E-state index contributed by atoms with van der Waals surface area (Å²) >= 11 is 0. The molecular formula is C36H29N3O. The van der Waals surface area contributed by atoms with E-state index in [2.05, 4.69) is 98.1 Å². The number of fused-ring (bicyclic) bond motifs is 4. The number of hydrogen-bond donors (Lipinski definition) is 1. The van der Waals surface area contributed by atoms with Gasteiger partial charge in [0.1, 0.15) is 11.4 Å². The zero-order valence-corrected chi connectivity index (χ0v) is 22.8. The Morgan fingerprint density at radius 3 is 2.27 bits per heavy atom. The van der Waals surface area contributed by atoms with Gasteiger partial charge in [0.15, 0.2) is 0 Å². The minimum absolute atomic E-state index is 0.0380. The summed E-state index contributed by atoms with van der Waals surface area (Å²) in [5, 5.41) is 15.4. The molecule has 4 heteroatoms. The van der Waals surface area contributed by atoms with Crippen molar-refractivity contribution in [3.63, 3.8) is 0 Å². The van der Waals surface area contributed by atoms with Crippen molar-refractivity contribution < 1.29 is 5.11 Å². The molecule has 0 radical (unpaired) electrons. The molecule has 40 heavy (non-hydrogen) atoms. The van der Waals surface area contributed by atoms with Crippen LogP contribution in [0.2, 0.25) is 0 Å². The highest BCUT2D eigenvalue weighted by Crippen LogP contribution is 2.38. The number of aromatic hydroxyl groups is 1. The Morgan fingerprint density at radius 1 is 0.675 bits per heavy atom. The smallest absolute Gasteiger partial charge is 0.145 e. The second kappa shape index (κ2) is 9.06. The molecule has 0 spiro atoms.